The molecule has 0 amide bonds. The minimum atomic E-state index is -0.644. The number of allylic oxidation sites excluding steroid dienone is 1. The number of likely N-dealkylation sites (tertiary alicyclic amines) is 1. The second-order valence-electron chi connectivity index (χ2n) is 8.69. The van der Waals surface area contributed by atoms with Crippen LogP contribution in [0.5, 0.6) is 11.5 Å². The van der Waals surface area contributed by atoms with Gasteiger partial charge >= 0.3 is 0 Å². The molecule has 0 spiro atoms. The molecule has 1 saturated heterocycles. The Balaban J connectivity index is 1.70. The fraction of sp³-hybridized carbons (Fsp3) is 0.462. The van der Waals surface area contributed by atoms with Crippen LogP contribution in [0.3, 0.4) is 0 Å². The molecule has 0 saturated carbocycles. The molecule has 1 fully saturated rings. The Bertz CT molecular complexity index is 876. The summed E-state index contributed by atoms with van der Waals surface area (Å²) in [4.78, 5) is 4.62. The number of rotatable bonds is 8. The molecule has 3 atom stereocenters. The van der Waals surface area contributed by atoms with E-state index in [1.165, 1.54) is 12.8 Å². The van der Waals surface area contributed by atoms with Gasteiger partial charge in [0.05, 0.1) is 24.9 Å². The van der Waals surface area contributed by atoms with Crippen molar-refractivity contribution in [1.29, 1.82) is 0 Å². The van der Waals surface area contributed by atoms with Crippen LogP contribution >= 0.6 is 0 Å². The van der Waals surface area contributed by atoms with Crippen LogP contribution in [0.15, 0.2) is 60.7 Å². The van der Waals surface area contributed by atoms with Crippen LogP contribution in [0.2, 0.25) is 0 Å². The van der Waals surface area contributed by atoms with Crippen LogP contribution in [0, 0.1) is 0 Å². The number of fused-ring (bicyclic) bond motifs is 1. The van der Waals surface area contributed by atoms with E-state index in [0.29, 0.717) is 6.61 Å². The molecule has 0 aromatic heterocycles. The summed E-state index contributed by atoms with van der Waals surface area (Å²) in [5, 5.41) is 11.9. The second kappa shape index (κ2) is 9.75. The molecule has 2 aromatic rings. The van der Waals surface area contributed by atoms with Gasteiger partial charge in [-0.15, -0.1) is 6.58 Å². The standard InChI is InChI=1S/C26H34N2O3/c1-19(2)10-15-23(27-16-6-7-17-27)26(29)28-22-8-4-5-9-25(22)31-18-24(28)20-11-13-21(30-3)14-12-20/h4-5,8-9,11-14,23-24,26,29H,1,6-7,10,15-18H2,2-3H3. The maximum absolute atomic E-state index is 11.9. The number of benzene rings is 2. The first-order chi connectivity index (χ1) is 15.1. The molecule has 4 rings (SSSR count). The van der Waals surface area contributed by atoms with Gasteiger partial charge in [-0.25, -0.2) is 0 Å². The summed E-state index contributed by atoms with van der Waals surface area (Å²) in [6, 6.07) is 16.1. The zero-order valence-electron chi connectivity index (χ0n) is 18.7. The van der Waals surface area contributed by atoms with Crippen molar-refractivity contribution < 1.29 is 14.6 Å². The van der Waals surface area contributed by atoms with Gasteiger partial charge in [0.25, 0.3) is 0 Å². The number of anilines is 1. The lowest BCUT2D eigenvalue weighted by molar-refractivity contribution is 0.0404. The maximum Gasteiger partial charge on any atom is 0.143 e. The molecule has 166 valence electrons. The molecular formula is C26H34N2O3. The number of aliphatic hydroxyl groups is 1. The minimum absolute atomic E-state index is 0.0473. The first kappa shape index (κ1) is 21.7. The van der Waals surface area contributed by atoms with Crippen molar-refractivity contribution in [2.24, 2.45) is 0 Å². The van der Waals surface area contributed by atoms with E-state index in [0.717, 1.165) is 54.3 Å². The van der Waals surface area contributed by atoms with Crippen LogP contribution in [-0.4, -0.2) is 49.1 Å². The molecule has 2 aromatic carbocycles. The van der Waals surface area contributed by atoms with Crippen molar-refractivity contribution in [2.75, 3.05) is 31.7 Å². The molecule has 0 bridgehead atoms. The molecule has 2 heterocycles. The Kier molecular flexibility index (Phi) is 6.83. The van der Waals surface area contributed by atoms with Crippen molar-refractivity contribution in [3.63, 3.8) is 0 Å². The lowest BCUT2D eigenvalue weighted by Gasteiger charge is -2.46. The fourth-order valence-corrected chi connectivity index (χ4v) is 4.79. The molecule has 0 radical (unpaired) electrons. The van der Waals surface area contributed by atoms with E-state index < -0.39 is 6.23 Å². The third-order valence-electron chi connectivity index (χ3n) is 6.48. The van der Waals surface area contributed by atoms with Crippen LogP contribution in [-0.2, 0) is 0 Å². The summed E-state index contributed by atoms with van der Waals surface area (Å²) in [7, 11) is 1.67. The number of methoxy groups -OCH3 is 1. The van der Waals surface area contributed by atoms with Gasteiger partial charge in [-0.05, 0) is 75.5 Å². The Hall–Kier alpha value is -2.50. The highest BCUT2D eigenvalue weighted by Gasteiger charge is 2.39. The van der Waals surface area contributed by atoms with Gasteiger partial charge in [0.15, 0.2) is 0 Å². The topological polar surface area (TPSA) is 45.2 Å². The van der Waals surface area contributed by atoms with E-state index >= 15 is 0 Å². The molecule has 31 heavy (non-hydrogen) atoms. The quantitative estimate of drug-likeness (QED) is 0.621. The van der Waals surface area contributed by atoms with Gasteiger partial charge in [0.1, 0.15) is 24.3 Å². The van der Waals surface area contributed by atoms with Crippen LogP contribution in [0.4, 0.5) is 5.69 Å². The van der Waals surface area contributed by atoms with Crippen molar-refractivity contribution in [3.05, 3.63) is 66.2 Å². The summed E-state index contributed by atoms with van der Waals surface area (Å²) in [6.07, 6.45) is 3.55. The highest BCUT2D eigenvalue weighted by Crippen LogP contribution is 2.42. The van der Waals surface area contributed by atoms with E-state index in [-0.39, 0.29) is 12.1 Å². The van der Waals surface area contributed by atoms with Gasteiger partial charge in [-0.3, -0.25) is 4.90 Å². The number of para-hydroxylation sites is 2. The van der Waals surface area contributed by atoms with Crippen molar-refractivity contribution in [2.45, 2.75) is 50.9 Å². The molecule has 2 aliphatic heterocycles. The number of hydrogen-bond donors (Lipinski definition) is 1. The highest BCUT2D eigenvalue weighted by atomic mass is 16.5. The van der Waals surface area contributed by atoms with E-state index in [4.69, 9.17) is 9.47 Å². The van der Waals surface area contributed by atoms with Gasteiger partial charge < -0.3 is 19.5 Å². The summed E-state index contributed by atoms with van der Waals surface area (Å²) >= 11 is 0. The first-order valence-corrected chi connectivity index (χ1v) is 11.3. The molecule has 3 unspecified atom stereocenters. The third-order valence-corrected chi connectivity index (χ3v) is 6.48. The van der Waals surface area contributed by atoms with Gasteiger partial charge in [-0.2, -0.15) is 0 Å². The lowest BCUT2D eigenvalue weighted by atomic mass is 9.98. The smallest absolute Gasteiger partial charge is 0.143 e. The second-order valence-corrected chi connectivity index (χ2v) is 8.69. The normalized spacial score (nSPS) is 20.6. The predicted octanol–water partition coefficient (Wildman–Crippen LogP) is 4.77. The Morgan fingerprint density at radius 1 is 1.16 bits per heavy atom. The first-order valence-electron chi connectivity index (χ1n) is 11.3. The van der Waals surface area contributed by atoms with Crippen molar-refractivity contribution in [3.8, 4) is 11.5 Å². The zero-order valence-corrected chi connectivity index (χ0v) is 18.7. The lowest BCUT2D eigenvalue weighted by Crippen LogP contribution is -2.54. The molecular weight excluding hydrogens is 388 g/mol. The Morgan fingerprint density at radius 3 is 2.55 bits per heavy atom. The minimum Gasteiger partial charge on any atom is -0.497 e. The summed E-state index contributed by atoms with van der Waals surface area (Å²) in [5.41, 5.74) is 3.21. The molecule has 2 aliphatic rings. The largest absolute Gasteiger partial charge is 0.497 e. The number of hydrogen-bond acceptors (Lipinski definition) is 5. The molecule has 1 N–H and O–H groups in total. The molecule has 0 aliphatic carbocycles. The van der Waals surface area contributed by atoms with Crippen LogP contribution < -0.4 is 14.4 Å². The average Bonchev–Trinajstić information content (AvgIpc) is 3.32. The number of ether oxygens (including phenoxy) is 2. The summed E-state index contributed by atoms with van der Waals surface area (Å²) in [6.45, 7) is 8.73. The zero-order chi connectivity index (χ0) is 21.8. The number of aliphatic hydroxyl groups excluding tert-OH is 1. The summed E-state index contributed by atoms with van der Waals surface area (Å²) < 4.78 is 11.5. The van der Waals surface area contributed by atoms with E-state index in [2.05, 4.69) is 35.4 Å². The van der Waals surface area contributed by atoms with Crippen LogP contribution in [0.1, 0.15) is 44.2 Å². The average molecular weight is 423 g/mol. The SMILES string of the molecule is C=C(C)CCC(C(O)N1c2ccccc2OCC1c1ccc(OC)cc1)N1CCCC1. The highest BCUT2D eigenvalue weighted by molar-refractivity contribution is 5.62. The van der Waals surface area contributed by atoms with Crippen LogP contribution in [0.25, 0.3) is 0 Å². The van der Waals surface area contributed by atoms with E-state index in [1.54, 1.807) is 7.11 Å². The molecule has 5 heteroatoms. The predicted molar refractivity (Wildman–Crippen MR) is 125 cm³/mol. The molecule has 5 nitrogen and oxygen atoms in total. The Labute approximate surface area is 185 Å². The van der Waals surface area contributed by atoms with Gasteiger partial charge in [0.2, 0.25) is 0 Å². The van der Waals surface area contributed by atoms with E-state index in [9.17, 15) is 5.11 Å². The summed E-state index contributed by atoms with van der Waals surface area (Å²) in [5.74, 6) is 1.65. The number of nitrogens with zero attached hydrogens (tertiary/aromatic N) is 2. The van der Waals surface area contributed by atoms with Crippen molar-refractivity contribution in [1.82, 2.24) is 4.90 Å². The maximum atomic E-state index is 11.9. The van der Waals surface area contributed by atoms with Crippen molar-refractivity contribution >= 4 is 5.69 Å². The fourth-order valence-electron chi connectivity index (χ4n) is 4.79. The van der Waals surface area contributed by atoms with Gasteiger partial charge in [0, 0.05) is 0 Å². The Morgan fingerprint density at radius 2 is 1.87 bits per heavy atom. The van der Waals surface area contributed by atoms with E-state index in [1.807, 2.05) is 36.4 Å². The van der Waals surface area contributed by atoms with Gasteiger partial charge in [-0.1, -0.05) is 29.8 Å². The monoisotopic (exact) mass is 422 g/mol. The third kappa shape index (κ3) is 4.73.